The number of hydrogen-bond donors (Lipinski definition) is 2. The number of benzene rings is 1. The predicted octanol–water partition coefficient (Wildman–Crippen LogP) is 3.17. The van der Waals surface area contributed by atoms with Crippen molar-refractivity contribution >= 4 is 35.3 Å². The Labute approximate surface area is 131 Å². The van der Waals surface area contributed by atoms with Gasteiger partial charge in [0.2, 0.25) is 0 Å². The fourth-order valence-corrected chi connectivity index (χ4v) is 2.02. The van der Waals surface area contributed by atoms with Gasteiger partial charge in [-0.05, 0) is 31.2 Å². The molecule has 0 radical (unpaired) electrons. The molecule has 1 amide bonds. The van der Waals surface area contributed by atoms with Crippen LogP contribution in [0.25, 0.3) is 0 Å². The van der Waals surface area contributed by atoms with Crippen molar-refractivity contribution in [3.63, 3.8) is 0 Å². The number of carbonyl (C=O) groups is 1. The molecule has 0 unspecified atom stereocenters. The van der Waals surface area contributed by atoms with Gasteiger partial charge < -0.3 is 5.11 Å². The van der Waals surface area contributed by atoms with Gasteiger partial charge in [0.25, 0.3) is 5.91 Å². The molecular formula is C14H11Cl2N3O2. The first-order valence-corrected chi connectivity index (χ1v) is 6.67. The zero-order valence-electron chi connectivity index (χ0n) is 11.0. The van der Waals surface area contributed by atoms with Crippen LogP contribution in [0.3, 0.4) is 0 Å². The smallest absolute Gasteiger partial charge is 0.272 e. The highest BCUT2D eigenvalue weighted by molar-refractivity contribution is 6.36. The molecule has 7 heteroatoms. The Balaban J connectivity index is 2.09. The molecule has 0 aliphatic rings. The van der Waals surface area contributed by atoms with Crippen LogP contribution < -0.4 is 5.43 Å². The molecule has 108 valence electrons. The largest absolute Gasteiger partial charge is 0.506 e. The van der Waals surface area contributed by atoms with Gasteiger partial charge in [-0.1, -0.05) is 23.2 Å². The van der Waals surface area contributed by atoms with Gasteiger partial charge in [0.1, 0.15) is 5.75 Å². The topological polar surface area (TPSA) is 74.6 Å². The van der Waals surface area contributed by atoms with Crippen LogP contribution in [-0.2, 0) is 0 Å². The molecule has 1 heterocycles. The second-order valence-electron chi connectivity index (χ2n) is 4.21. The average molecular weight is 324 g/mol. The van der Waals surface area contributed by atoms with Crippen molar-refractivity contribution in [3.05, 3.63) is 57.3 Å². The highest BCUT2D eigenvalue weighted by atomic mass is 35.5. The van der Waals surface area contributed by atoms with Gasteiger partial charge >= 0.3 is 0 Å². The van der Waals surface area contributed by atoms with Crippen molar-refractivity contribution in [2.24, 2.45) is 5.10 Å². The van der Waals surface area contributed by atoms with E-state index in [9.17, 15) is 9.90 Å². The molecule has 0 aliphatic carbocycles. The van der Waals surface area contributed by atoms with Gasteiger partial charge in [-0.3, -0.25) is 9.78 Å². The van der Waals surface area contributed by atoms with Crippen LogP contribution in [-0.4, -0.2) is 22.2 Å². The number of amides is 1. The van der Waals surface area contributed by atoms with Crippen LogP contribution in [0, 0.1) is 6.92 Å². The maximum absolute atomic E-state index is 11.8. The third-order valence-electron chi connectivity index (χ3n) is 2.60. The molecule has 2 rings (SSSR count). The van der Waals surface area contributed by atoms with E-state index in [4.69, 9.17) is 23.2 Å². The third kappa shape index (κ3) is 3.93. The lowest BCUT2D eigenvalue weighted by molar-refractivity contribution is 0.0954. The summed E-state index contributed by atoms with van der Waals surface area (Å²) >= 11 is 11.6. The van der Waals surface area contributed by atoms with Crippen LogP contribution >= 0.6 is 23.2 Å². The Morgan fingerprint density at radius 2 is 2.14 bits per heavy atom. The summed E-state index contributed by atoms with van der Waals surface area (Å²) < 4.78 is 0. The van der Waals surface area contributed by atoms with E-state index in [1.807, 2.05) is 6.92 Å². The SMILES string of the molecule is Cc1ccc(C(=O)N/N=C/c2cc(Cl)cc(Cl)c2O)cn1. The number of aryl methyl sites for hydroxylation is 1. The lowest BCUT2D eigenvalue weighted by Crippen LogP contribution is -2.17. The van der Waals surface area contributed by atoms with Gasteiger partial charge in [-0.25, -0.2) is 5.43 Å². The molecule has 0 atom stereocenters. The minimum atomic E-state index is -0.411. The molecule has 2 N–H and O–H groups in total. The molecule has 2 aromatic rings. The van der Waals surface area contributed by atoms with E-state index in [1.165, 1.54) is 24.5 Å². The number of aromatic hydroxyl groups is 1. The van der Waals surface area contributed by atoms with E-state index in [2.05, 4.69) is 15.5 Å². The average Bonchev–Trinajstić information content (AvgIpc) is 2.44. The second-order valence-corrected chi connectivity index (χ2v) is 5.06. The number of hydrazone groups is 1. The number of nitrogens with zero attached hydrogens (tertiary/aromatic N) is 2. The first kappa shape index (κ1) is 15.3. The Bertz CT molecular complexity index is 700. The minimum absolute atomic E-state index is 0.109. The molecule has 0 bridgehead atoms. The first-order valence-electron chi connectivity index (χ1n) is 5.91. The maximum Gasteiger partial charge on any atom is 0.272 e. The summed E-state index contributed by atoms with van der Waals surface area (Å²) in [4.78, 5) is 15.8. The van der Waals surface area contributed by atoms with Crippen LogP contribution in [0.15, 0.2) is 35.6 Å². The van der Waals surface area contributed by atoms with Gasteiger partial charge in [-0.15, -0.1) is 0 Å². The van der Waals surface area contributed by atoms with E-state index < -0.39 is 5.91 Å². The summed E-state index contributed by atoms with van der Waals surface area (Å²) in [6.45, 7) is 1.82. The van der Waals surface area contributed by atoms with Crippen LogP contribution in [0.1, 0.15) is 21.6 Å². The number of nitrogens with one attached hydrogen (secondary N) is 1. The van der Waals surface area contributed by atoms with Gasteiger partial charge in [-0.2, -0.15) is 5.10 Å². The Morgan fingerprint density at radius 1 is 1.38 bits per heavy atom. The van der Waals surface area contributed by atoms with Gasteiger partial charge in [0.15, 0.2) is 0 Å². The van der Waals surface area contributed by atoms with Crippen molar-refractivity contribution in [1.82, 2.24) is 10.4 Å². The van der Waals surface area contributed by atoms with Crippen molar-refractivity contribution in [2.75, 3.05) is 0 Å². The number of halogens is 2. The molecule has 5 nitrogen and oxygen atoms in total. The second kappa shape index (κ2) is 6.56. The van der Waals surface area contributed by atoms with E-state index >= 15 is 0 Å². The standard InChI is InChI=1S/C14H11Cl2N3O2/c1-8-2-3-9(6-17-8)14(21)19-18-7-10-4-11(15)5-12(16)13(10)20/h2-7,20H,1H3,(H,19,21)/b18-7+. The fourth-order valence-electron chi connectivity index (χ4n) is 1.51. The highest BCUT2D eigenvalue weighted by Gasteiger charge is 2.07. The third-order valence-corrected chi connectivity index (χ3v) is 3.11. The maximum atomic E-state index is 11.8. The molecule has 21 heavy (non-hydrogen) atoms. The van der Waals surface area contributed by atoms with Gasteiger partial charge in [0.05, 0.1) is 16.8 Å². The zero-order valence-corrected chi connectivity index (χ0v) is 12.5. The highest BCUT2D eigenvalue weighted by Crippen LogP contribution is 2.29. The summed E-state index contributed by atoms with van der Waals surface area (Å²) in [7, 11) is 0. The normalized spacial score (nSPS) is 10.8. The van der Waals surface area contributed by atoms with E-state index in [0.29, 0.717) is 16.1 Å². The summed E-state index contributed by atoms with van der Waals surface area (Å²) in [6, 6.07) is 6.25. The summed E-state index contributed by atoms with van der Waals surface area (Å²) in [5.41, 5.74) is 3.82. The van der Waals surface area contributed by atoms with Crippen LogP contribution in [0.5, 0.6) is 5.75 Å². The zero-order chi connectivity index (χ0) is 15.4. The Hall–Kier alpha value is -2.11. The molecule has 0 spiro atoms. The number of rotatable bonds is 3. The quantitative estimate of drug-likeness (QED) is 0.673. The molecule has 1 aromatic heterocycles. The van der Waals surface area contributed by atoms with Gasteiger partial charge in [0, 0.05) is 22.5 Å². The number of phenolic OH excluding ortho intramolecular Hbond substituents is 1. The van der Waals surface area contributed by atoms with E-state index in [-0.39, 0.29) is 10.8 Å². The van der Waals surface area contributed by atoms with Crippen LogP contribution in [0.2, 0.25) is 10.0 Å². The monoisotopic (exact) mass is 323 g/mol. The predicted molar refractivity (Wildman–Crippen MR) is 82.2 cm³/mol. The number of carbonyl (C=O) groups excluding carboxylic acids is 1. The summed E-state index contributed by atoms with van der Waals surface area (Å²) in [6.07, 6.45) is 2.71. The van der Waals surface area contributed by atoms with Crippen LogP contribution in [0.4, 0.5) is 0 Å². The first-order chi connectivity index (χ1) is 9.97. The fraction of sp³-hybridized carbons (Fsp3) is 0.0714. The van der Waals surface area contributed by atoms with Crippen molar-refractivity contribution in [2.45, 2.75) is 6.92 Å². The Morgan fingerprint density at radius 3 is 2.81 bits per heavy atom. The number of hydrogen-bond acceptors (Lipinski definition) is 4. The van der Waals surface area contributed by atoms with Crippen molar-refractivity contribution in [1.29, 1.82) is 0 Å². The Kier molecular flexibility index (Phi) is 4.77. The minimum Gasteiger partial charge on any atom is -0.506 e. The van der Waals surface area contributed by atoms with Crippen molar-refractivity contribution in [3.8, 4) is 5.75 Å². The number of phenols is 1. The summed E-state index contributed by atoms with van der Waals surface area (Å²) in [5, 5.41) is 13.9. The molecule has 0 saturated heterocycles. The lowest BCUT2D eigenvalue weighted by atomic mass is 10.2. The molecular weight excluding hydrogens is 313 g/mol. The number of pyridine rings is 1. The molecule has 0 aliphatic heterocycles. The lowest BCUT2D eigenvalue weighted by Gasteiger charge is -2.03. The molecule has 0 fully saturated rings. The van der Waals surface area contributed by atoms with E-state index in [0.717, 1.165) is 5.69 Å². The van der Waals surface area contributed by atoms with E-state index in [1.54, 1.807) is 12.1 Å². The summed E-state index contributed by atoms with van der Waals surface area (Å²) in [5.74, 6) is -0.567. The number of aromatic nitrogens is 1. The van der Waals surface area contributed by atoms with Crippen molar-refractivity contribution < 1.29 is 9.90 Å². The molecule has 0 saturated carbocycles. The molecule has 1 aromatic carbocycles.